The Morgan fingerprint density at radius 2 is 1.59 bits per heavy atom. The molecule has 17 heavy (non-hydrogen) atoms. The third-order valence-electron chi connectivity index (χ3n) is 4.76. The van der Waals surface area contributed by atoms with E-state index in [1.165, 1.54) is 0 Å². The predicted octanol–water partition coefficient (Wildman–Crippen LogP) is 2.95. The Morgan fingerprint density at radius 1 is 1.06 bits per heavy atom. The lowest BCUT2D eigenvalue weighted by atomic mass is 9.61. The van der Waals surface area contributed by atoms with E-state index in [0.717, 1.165) is 5.57 Å². The summed E-state index contributed by atoms with van der Waals surface area (Å²) in [6.45, 7) is 12.9. The molecule has 0 unspecified atom stereocenters. The van der Waals surface area contributed by atoms with Crippen LogP contribution in [0.4, 0.5) is 0 Å². The maximum atomic E-state index is 11.9. The molecule has 3 heteroatoms. The summed E-state index contributed by atoms with van der Waals surface area (Å²) in [6.07, 6.45) is 0. The fourth-order valence-electron chi connectivity index (χ4n) is 3.15. The first-order chi connectivity index (χ1) is 7.53. The molecule has 1 aliphatic carbocycles. The molecule has 2 rings (SSSR count). The monoisotopic (exact) mass is 235 g/mol. The van der Waals surface area contributed by atoms with E-state index in [1.54, 1.807) is 0 Å². The minimum Gasteiger partial charge on any atom is -0.461 e. The predicted molar refractivity (Wildman–Crippen MR) is 67.1 cm³/mol. The summed E-state index contributed by atoms with van der Waals surface area (Å²) in [5.74, 6) is -0.317. The van der Waals surface area contributed by atoms with Gasteiger partial charge in [0.1, 0.15) is 6.61 Å². The minimum absolute atomic E-state index is 0.174. The van der Waals surface area contributed by atoms with Crippen molar-refractivity contribution in [1.82, 2.24) is 0 Å². The van der Waals surface area contributed by atoms with Gasteiger partial charge in [-0.3, -0.25) is 0 Å². The lowest BCUT2D eigenvalue weighted by Gasteiger charge is -2.43. The van der Waals surface area contributed by atoms with E-state index in [2.05, 4.69) is 27.7 Å². The number of hydrogen-bond donors (Lipinski definition) is 1. The number of carbonyl (C=O) groups is 1. The molecule has 3 nitrogen and oxygen atoms in total. The number of cyclic esters (lactones) is 1. The number of hydrogen-bond acceptors (Lipinski definition) is 3. The first kappa shape index (κ1) is 12.3. The van der Waals surface area contributed by atoms with Gasteiger partial charge in [-0.25, -0.2) is 4.79 Å². The summed E-state index contributed by atoms with van der Waals surface area (Å²) < 4.78 is 5.23. The van der Waals surface area contributed by atoms with Gasteiger partial charge in [-0.05, 0) is 11.0 Å². The molecule has 1 heterocycles. The van der Waals surface area contributed by atoms with Crippen LogP contribution in [-0.4, -0.2) is 18.3 Å². The number of esters is 1. The molecule has 0 aromatic heterocycles. The van der Waals surface area contributed by atoms with Crippen molar-refractivity contribution in [2.75, 3.05) is 6.61 Å². The molecule has 0 atom stereocenters. The zero-order valence-corrected chi connectivity index (χ0v) is 11.5. The number of ether oxygens (including phenoxy) is 1. The maximum Gasteiger partial charge on any atom is 0.340 e. The molecule has 0 aromatic carbocycles. The molecular formula is C14H21NO2. The second kappa shape index (κ2) is 3.01. The van der Waals surface area contributed by atoms with Crippen molar-refractivity contribution in [1.29, 1.82) is 5.41 Å². The van der Waals surface area contributed by atoms with Crippen LogP contribution in [0.3, 0.4) is 0 Å². The topological polar surface area (TPSA) is 50.2 Å². The first-order valence-corrected chi connectivity index (χ1v) is 6.05. The first-order valence-electron chi connectivity index (χ1n) is 6.05. The summed E-state index contributed by atoms with van der Waals surface area (Å²) in [6, 6.07) is 0. The smallest absolute Gasteiger partial charge is 0.340 e. The van der Waals surface area contributed by atoms with Gasteiger partial charge in [0.2, 0.25) is 0 Å². The van der Waals surface area contributed by atoms with Crippen molar-refractivity contribution in [3.63, 3.8) is 0 Å². The van der Waals surface area contributed by atoms with Gasteiger partial charge in [0.15, 0.2) is 0 Å². The van der Waals surface area contributed by atoms with Gasteiger partial charge in [0, 0.05) is 10.8 Å². The molecule has 0 amide bonds. The van der Waals surface area contributed by atoms with Crippen LogP contribution in [0.15, 0.2) is 11.1 Å². The van der Waals surface area contributed by atoms with Gasteiger partial charge in [-0.1, -0.05) is 41.5 Å². The molecule has 2 aliphatic rings. The van der Waals surface area contributed by atoms with Crippen molar-refractivity contribution < 1.29 is 9.53 Å². The minimum atomic E-state index is -0.321. The van der Waals surface area contributed by atoms with Crippen molar-refractivity contribution in [3.05, 3.63) is 11.1 Å². The third-order valence-corrected chi connectivity index (χ3v) is 4.76. The number of nitrogens with one attached hydrogen (secondary N) is 1. The maximum absolute atomic E-state index is 11.9. The van der Waals surface area contributed by atoms with Crippen LogP contribution in [-0.2, 0) is 9.53 Å². The quantitative estimate of drug-likeness (QED) is 0.656. The highest BCUT2D eigenvalue weighted by molar-refractivity contribution is 6.24. The van der Waals surface area contributed by atoms with E-state index in [4.69, 9.17) is 10.1 Å². The van der Waals surface area contributed by atoms with Gasteiger partial charge in [0.25, 0.3) is 0 Å². The Morgan fingerprint density at radius 3 is 2.06 bits per heavy atom. The molecule has 0 saturated carbocycles. The van der Waals surface area contributed by atoms with Crippen LogP contribution in [0.1, 0.15) is 41.5 Å². The van der Waals surface area contributed by atoms with E-state index in [0.29, 0.717) is 17.9 Å². The van der Waals surface area contributed by atoms with Gasteiger partial charge < -0.3 is 10.1 Å². The Bertz CT molecular complexity index is 453. The average molecular weight is 235 g/mol. The van der Waals surface area contributed by atoms with Crippen molar-refractivity contribution >= 4 is 11.7 Å². The molecule has 0 radical (unpaired) electrons. The van der Waals surface area contributed by atoms with Gasteiger partial charge in [0.05, 0.1) is 11.3 Å². The molecule has 0 fully saturated rings. The molecule has 1 aliphatic heterocycles. The van der Waals surface area contributed by atoms with E-state index in [-0.39, 0.29) is 22.2 Å². The van der Waals surface area contributed by atoms with Gasteiger partial charge >= 0.3 is 5.97 Å². The summed E-state index contributed by atoms with van der Waals surface area (Å²) in [7, 11) is 0. The third kappa shape index (κ3) is 1.28. The average Bonchev–Trinajstić information content (AvgIpc) is 2.32. The fourth-order valence-corrected chi connectivity index (χ4v) is 3.15. The zero-order chi connectivity index (χ0) is 13.2. The van der Waals surface area contributed by atoms with E-state index < -0.39 is 0 Å². The van der Waals surface area contributed by atoms with Crippen LogP contribution in [0, 0.1) is 21.7 Å². The van der Waals surface area contributed by atoms with Crippen LogP contribution >= 0.6 is 0 Å². The second-order valence-electron chi connectivity index (χ2n) is 6.84. The SMILES string of the molecule is CC1(C)COC(=O)C2=C1C(C)(C)C(C)(C)C2=N. The largest absolute Gasteiger partial charge is 0.461 e. The van der Waals surface area contributed by atoms with E-state index in [9.17, 15) is 4.79 Å². The molecule has 0 aromatic rings. The lowest BCUT2D eigenvalue weighted by Crippen LogP contribution is -2.39. The number of carbonyl (C=O) groups excluding carboxylic acids is 1. The van der Waals surface area contributed by atoms with Crippen molar-refractivity contribution in [2.24, 2.45) is 16.2 Å². The van der Waals surface area contributed by atoms with Crippen molar-refractivity contribution in [3.8, 4) is 0 Å². The standard InChI is InChI=1S/C14H21NO2/c1-12(2)7-17-11(16)8-9(12)13(3,4)14(5,6)10(8)15/h15H,7H2,1-6H3. The fraction of sp³-hybridized carbons (Fsp3) is 0.714. The zero-order valence-electron chi connectivity index (χ0n) is 11.5. The normalized spacial score (nSPS) is 29.1. The highest BCUT2D eigenvalue weighted by Crippen LogP contribution is 2.59. The molecule has 0 bridgehead atoms. The summed E-state index contributed by atoms with van der Waals surface area (Å²) >= 11 is 0. The molecule has 94 valence electrons. The van der Waals surface area contributed by atoms with E-state index >= 15 is 0 Å². The van der Waals surface area contributed by atoms with Gasteiger partial charge in [-0.15, -0.1) is 0 Å². The highest BCUT2D eigenvalue weighted by atomic mass is 16.5. The van der Waals surface area contributed by atoms with Gasteiger partial charge in [-0.2, -0.15) is 0 Å². The summed E-state index contributed by atoms with van der Waals surface area (Å²) in [5.41, 5.74) is 1.37. The Hall–Kier alpha value is -1.12. The van der Waals surface area contributed by atoms with Crippen LogP contribution in [0.5, 0.6) is 0 Å². The van der Waals surface area contributed by atoms with E-state index in [1.807, 2.05) is 13.8 Å². The molecule has 0 spiro atoms. The Labute approximate surface area is 103 Å². The van der Waals surface area contributed by atoms with Crippen LogP contribution < -0.4 is 0 Å². The molecule has 1 N–H and O–H groups in total. The molecule has 0 saturated heterocycles. The van der Waals surface area contributed by atoms with Crippen LogP contribution in [0.2, 0.25) is 0 Å². The Balaban J connectivity index is 2.75. The second-order valence-corrected chi connectivity index (χ2v) is 6.84. The Kier molecular flexibility index (Phi) is 2.18. The van der Waals surface area contributed by atoms with Crippen molar-refractivity contribution in [2.45, 2.75) is 41.5 Å². The molecular weight excluding hydrogens is 214 g/mol. The highest BCUT2D eigenvalue weighted by Gasteiger charge is 2.58. The lowest BCUT2D eigenvalue weighted by molar-refractivity contribution is -0.143. The van der Waals surface area contributed by atoms with Crippen LogP contribution in [0.25, 0.3) is 0 Å². The summed E-state index contributed by atoms with van der Waals surface area (Å²) in [4.78, 5) is 11.9. The number of rotatable bonds is 0. The summed E-state index contributed by atoms with van der Waals surface area (Å²) in [5, 5.41) is 8.28.